The molecular formula is C90H126N20O24S. The summed E-state index contributed by atoms with van der Waals surface area (Å²) in [6.45, 7) is 5.21. The lowest BCUT2D eigenvalue weighted by Crippen LogP contribution is -2.61. The van der Waals surface area contributed by atoms with Crippen LogP contribution in [0.15, 0.2) is 85.2 Å². The van der Waals surface area contributed by atoms with Crippen LogP contribution in [0.5, 0.6) is 5.75 Å². The van der Waals surface area contributed by atoms with Gasteiger partial charge in [0.25, 0.3) is 0 Å². The molecule has 44 nitrogen and oxygen atoms in total. The number of benzene rings is 3. The minimum atomic E-state index is -1.94. The summed E-state index contributed by atoms with van der Waals surface area (Å²) >= 11 is 0.759. The molecule has 22 N–H and O–H groups in total. The first kappa shape index (κ1) is 107. The molecule has 0 radical (unpaired) electrons. The maximum absolute atomic E-state index is 15.9. The fourth-order valence-corrected chi connectivity index (χ4v) is 17.5. The molecule has 5 aromatic rings. The quantitative estimate of drug-likeness (QED) is 0.0252. The third-order valence-corrected chi connectivity index (χ3v) is 25.0. The predicted molar refractivity (Wildman–Crippen MR) is 491 cm³/mol. The highest BCUT2D eigenvalue weighted by Crippen LogP contribution is 2.29. The molecule has 0 saturated carbocycles. The monoisotopic (exact) mass is 1900 g/mol. The van der Waals surface area contributed by atoms with E-state index >= 15 is 33.6 Å². The molecule has 0 spiro atoms. The van der Waals surface area contributed by atoms with E-state index in [1.165, 1.54) is 63.1 Å². The largest absolute Gasteiger partial charge is 0.508 e. The number of amides is 16. The Kier molecular flexibility index (Phi) is 40.2. The van der Waals surface area contributed by atoms with Crippen molar-refractivity contribution < 1.29 is 117 Å². The van der Waals surface area contributed by atoms with Gasteiger partial charge in [-0.05, 0) is 105 Å². The Morgan fingerprint density at radius 1 is 0.548 bits per heavy atom. The van der Waals surface area contributed by atoms with Crippen molar-refractivity contribution in [2.45, 2.75) is 241 Å². The van der Waals surface area contributed by atoms with E-state index in [0.717, 1.165) is 36.3 Å². The normalized spacial score (nSPS) is 24.8. The number of carboxylic acids is 3. The highest BCUT2D eigenvalue weighted by atomic mass is 32.2. The number of carboxylic acid groups (broad SMARTS) is 3. The number of likely N-dealkylation sites (N-methyl/N-ethyl adjacent to an activating group) is 3. The molecule has 3 aromatic carbocycles. The minimum absolute atomic E-state index is 0.0174. The average Bonchev–Trinajstić information content (AvgIpc) is 1.55. The summed E-state index contributed by atoms with van der Waals surface area (Å²) in [5.74, 6) is -21.8. The summed E-state index contributed by atoms with van der Waals surface area (Å²) in [5.41, 5.74) is 19.9. The third kappa shape index (κ3) is 29.8. The van der Waals surface area contributed by atoms with Crippen molar-refractivity contribution in [1.82, 2.24) is 87.2 Å². The van der Waals surface area contributed by atoms with E-state index in [-0.39, 0.29) is 76.1 Å². The van der Waals surface area contributed by atoms with Crippen LogP contribution < -0.4 is 70.4 Å². The molecule has 3 fully saturated rings. The van der Waals surface area contributed by atoms with Crippen LogP contribution in [0.25, 0.3) is 21.8 Å². The number of thioether (sulfide) groups is 1. The number of carbonyl (C=O) groups excluding carboxylic acids is 16. The van der Waals surface area contributed by atoms with Crippen LogP contribution in [0.3, 0.4) is 0 Å². The number of primary amides is 1. The molecule has 3 saturated heterocycles. The summed E-state index contributed by atoms with van der Waals surface area (Å²) < 4.78 is 1.42. The number of aliphatic hydroxyl groups is 1. The second-order valence-corrected chi connectivity index (χ2v) is 35.6. The van der Waals surface area contributed by atoms with Crippen molar-refractivity contribution in [3.63, 3.8) is 0 Å². The second kappa shape index (κ2) is 50.7. The number of nitrogens with zero attached hydrogens (tertiary/aromatic N) is 6. The fourth-order valence-electron chi connectivity index (χ4n) is 16.6. The van der Waals surface area contributed by atoms with Gasteiger partial charge < -0.3 is 130 Å². The van der Waals surface area contributed by atoms with E-state index in [9.17, 15) is 83.1 Å². The van der Waals surface area contributed by atoms with Gasteiger partial charge in [-0.2, -0.15) is 0 Å². The molecule has 3 aliphatic rings. The van der Waals surface area contributed by atoms with Crippen molar-refractivity contribution in [3.05, 3.63) is 102 Å². The van der Waals surface area contributed by atoms with E-state index in [1.807, 2.05) is 13.8 Å². The Labute approximate surface area is 783 Å². The standard InChI is InChI=1S/C90H126N20O24S/c1-9-11-21-68-83(127)99-60(34-48(3)4)80(124)104-66(78(122)95-42-72(93)113)46-135-47-73(114)96-62(35-50-25-27-53(111)28-26-50)86(130)105(6)49(5)77(121)101-64(39-75(117)118)89(133)109-33-17-24-69(109)84(128)103-65(40-92)82(126)98-59(29-30-74(115)116)88(132)110-44-54(112)38-71(110)85(129)100-61(36-51-41-94-57-20-15-13-18-55(51)57)81(125)97-58(31-32-91)79(123)102-63(87(131)107(8)70(22-12-10-2)90(134)106(68)7)37-52-43-108(45-76(119)120)67-23-16-14-19-56(52)67/h13-16,18-20,23,25-28,41,43,48-49,54,58-66,68-71,94,111-112H,9-12,17,21-22,24,29-40,42,44-47,91-92H2,1-8H3,(H2,93,113)(H,95,122)(H,96,114)(H,97,125)(H,98,126)(H,99,127)(H,100,129)(H,101,121)(H,102,123)(H,103,128)(H,104,124)(H,115,116)(H,117,118)(H,119,120)/t49-,54+,58-,59-,60-,61-,62-,63-,64+,65-,66-,68-,69-,70-,71-/m0/s1. The molecular weight excluding hydrogens is 1780 g/mol. The highest BCUT2D eigenvalue weighted by Gasteiger charge is 2.47. The van der Waals surface area contributed by atoms with Crippen molar-refractivity contribution >= 4 is 146 Å². The number of aliphatic carboxylic acids is 3. The number of aromatic nitrogens is 2. The summed E-state index contributed by atoms with van der Waals surface area (Å²) in [6.07, 6.45) is -1.51. The number of aliphatic hydroxyl groups excluding tert-OH is 1. The zero-order valence-electron chi connectivity index (χ0n) is 76.8. The fraction of sp³-hybridized carbons (Fsp3) is 0.544. The van der Waals surface area contributed by atoms with E-state index in [4.69, 9.17) is 17.2 Å². The van der Waals surface area contributed by atoms with Crippen LogP contribution >= 0.6 is 11.8 Å². The molecule has 0 bridgehead atoms. The number of hydrogen-bond donors (Lipinski definition) is 19. The van der Waals surface area contributed by atoms with Crippen molar-refractivity contribution in [3.8, 4) is 5.75 Å². The second-order valence-electron chi connectivity index (χ2n) is 34.5. The van der Waals surface area contributed by atoms with Gasteiger partial charge in [0.15, 0.2) is 0 Å². The molecule has 16 amide bonds. The maximum atomic E-state index is 15.9. The Hall–Kier alpha value is -13.3. The minimum Gasteiger partial charge on any atom is -0.508 e. The van der Waals surface area contributed by atoms with Crippen LogP contribution in [0, 0.1) is 5.92 Å². The maximum Gasteiger partial charge on any atom is 0.323 e. The third-order valence-electron chi connectivity index (χ3n) is 24.0. The first-order valence-corrected chi connectivity index (χ1v) is 46.1. The van der Waals surface area contributed by atoms with E-state index in [1.54, 1.807) is 68.6 Å². The number of rotatable bonds is 27. The average molecular weight is 1900 g/mol. The van der Waals surface area contributed by atoms with E-state index < -0.39 is 273 Å². The summed E-state index contributed by atoms with van der Waals surface area (Å²) in [5, 5.41) is 78.7. The SMILES string of the molecule is CCCC[C@H]1C(=O)N(C)[C@@H](CCCC)C(=O)N[C@@H](CC(C)C)C(=O)N[C@H](C(=O)NCC(N)=O)CSCC(=O)N[C@@H](Cc2ccc(O)cc2)C(=O)N(C)[C@@H](C)C(=O)N[C@H](CC(=O)O)C(=O)N2CCC[C@H]2C(=O)N[C@@H](CN)C(=O)N[C@@H](CCC(=O)O)C(=O)N2C[C@H](O)C[C@H]2C(=O)N[C@@H](Cc2c[nH]c3ccccc23)C(=O)N[C@@H](CCN)C(=O)N[C@@H](Cc2cn(CC(=O)O)c3ccccc23)C(=O)N1C. The van der Waals surface area contributed by atoms with Gasteiger partial charge >= 0.3 is 17.9 Å². The van der Waals surface area contributed by atoms with Gasteiger partial charge in [-0.25, -0.2) is 0 Å². The lowest BCUT2D eigenvalue weighted by Gasteiger charge is -2.36. The number of phenols is 1. The van der Waals surface area contributed by atoms with Crippen molar-refractivity contribution in [2.75, 3.05) is 65.4 Å². The van der Waals surface area contributed by atoms with Crippen LogP contribution in [-0.4, -0.2) is 328 Å². The van der Waals surface area contributed by atoms with Crippen LogP contribution in [-0.2, 0) is 117 Å². The summed E-state index contributed by atoms with van der Waals surface area (Å²) in [6, 6.07) is -3.85. The molecule has 3 aliphatic heterocycles. The Morgan fingerprint density at radius 3 is 1.76 bits per heavy atom. The smallest absolute Gasteiger partial charge is 0.323 e. The lowest BCUT2D eigenvalue weighted by atomic mass is 9.99. The van der Waals surface area contributed by atoms with E-state index in [2.05, 4.69) is 58.2 Å². The molecule has 5 heterocycles. The number of carbonyl (C=O) groups is 19. The number of para-hydroxylation sites is 2. The van der Waals surface area contributed by atoms with Gasteiger partial charge in [-0.15, -0.1) is 11.8 Å². The molecule has 0 unspecified atom stereocenters. The van der Waals surface area contributed by atoms with Crippen molar-refractivity contribution in [2.24, 2.45) is 23.1 Å². The number of nitrogens with one attached hydrogen (secondary N) is 11. The highest BCUT2D eigenvalue weighted by molar-refractivity contribution is 8.00. The van der Waals surface area contributed by atoms with Crippen LogP contribution in [0.2, 0.25) is 0 Å². The summed E-state index contributed by atoms with van der Waals surface area (Å²) in [7, 11) is 3.82. The predicted octanol–water partition coefficient (Wildman–Crippen LogP) is -2.82. The molecule has 15 atom stereocenters. The zero-order valence-corrected chi connectivity index (χ0v) is 77.6. The number of nitrogens with two attached hydrogens (primary N) is 3. The molecule has 736 valence electrons. The van der Waals surface area contributed by atoms with Gasteiger partial charge in [-0.1, -0.05) is 102 Å². The Bertz CT molecular complexity index is 5130. The zero-order chi connectivity index (χ0) is 99.4. The topological polar surface area (TPSA) is 661 Å². The number of unbranched alkanes of at least 4 members (excludes halogenated alkanes) is 2. The Balaban J connectivity index is 1.21. The van der Waals surface area contributed by atoms with Gasteiger partial charge in [0.05, 0.1) is 24.8 Å². The molecule has 0 aliphatic carbocycles. The van der Waals surface area contributed by atoms with Gasteiger partial charge in [-0.3, -0.25) is 91.1 Å². The Morgan fingerprint density at radius 2 is 1.11 bits per heavy atom. The first-order chi connectivity index (χ1) is 64.1. The molecule has 8 rings (SSSR count). The number of aromatic hydroxyl groups is 1. The number of hydrogen-bond acceptors (Lipinski definition) is 24. The lowest BCUT2D eigenvalue weighted by molar-refractivity contribution is -0.149. The van der Waals surface area contributed by atoms with Gasteiger partial charge in [0.2, 0.25) is 94.5 Å². The van der Waals surface area contributed by atoms with Gasteiger partial charge in [0, 0.05) is 113 Å². The van der Waals surface area contributed by atoms with Gasteiger partial charge in [0.1, 0.15) is 96.9 Å². The number of phenolic OH excluding ortho intramolecular Hbond substituents is 1. The summed E-state index contributed by atoms with van der Waals surface area (Å²) in [4.78, 5) is 282. The van der Waals surface area contributed by atoms with Crippen LogP contribution in [0.4, 0.5) is 0 Å². The molecule has 2 aromatic heterocycles. The first-order valence-electron chi connectivity index (χ1n) is 45.0. The number of fused-ring (bicyclic) bond motifs is 4. The van der Waals surface area contributed by atoms with E-state index in [0.29, 0.717) is 64.2 Å². The van der Waals surface area contributed by atoms with Crippen LogP contribution in [0.1, 0.15) is 141 Å². The number of aromatic amines is 1. The molecule has 135 heavy (non-hydrogen) atoms. The number of H-pyrrole nitrogens is 1. The van der Waals surface area contributed by atoms with Crippen molar-refractivity contribution in [1.29, 1.82) is 0 Å². The molecule has 45 heteroatoms.